The molecule has 4 rings (SSSR count). The Morgan fingerprint density at radius 3 is 2.48 bits per heavy atom. The largest absolute Gasteiger partial charge is 0.477 e. The Bertz CT molecular complexity index is 834. The number of carbonyl (C=O) groups is 3. The molecule has 2 amide bonds. The third-order valence-corrected chi connectivity index (χ3v) is 8.90. The molecule has 3 fully saturated rings. The van der Waals surface area contributed by atoms with Gasteiger partial charge in [-0.15, -0.1) is 24.2 Å². The van der Waals surface area contributed by atoms with E-state index in [1.54, 1.807) is 6.92 Å². The van der Waals surface area contributed by atoms with E-state index in [2.05, 4.69) is 10.2 Å². The summed E-state index contributed by atoms with van der Waals surface area (Å²) in [6, 6.07) is -0.313. The monoisotopic (exact) mass is 504 g/mol. The van der Waals surface area contributed by atoms with Gasteiger partial charge in [-0.3, -0.25) is 19.4 Å². The van der Waals surface area contributed by atoms with Crippen molar-refractivity contribution < 1.29 is 29.7 Å². The van der Waals surface area contributed by atoms with Crippen LogP contribution in [0.15, 0.2) is 10.6 Å². The number of carbonyl (C=O) groups excluding carboxylic acids is 2. The molecule has 0 aliphatic carbocycles. The highest BCUT2D eigenvalue weighted by Gasteiger charge is 2.65. The fourth-order valence-corrected chi connectivity index (χ4v) is 7.06. The first-order valence-electron chi connectivity index (χ1n) is 11.2. The average molecular weight is 505 g/mol. The van der Waals surface area contributed by atoms with Crippen LogP contribution in [-0.4, -0.2) is 117 Å². The van der Waals surface area contributed by atoms with E-state index >= 15 is 0 Å². The Morgan fingerprint density at radius 1 is 1.27 bits per heavy atom. The van der Waals surface area contributed by atoms with Crippen molar-refractivity contribution in [3.8, 4) is 0 Å². The predicted octanol–water partition coefficient (Wildman–Crippen LogP) is -0.694. The van der Waals surface area contributed by atoms with Crippen LogP contribution >= 0.6 is 24.2 Å². The molecule has 12 heteroatoms. The lowest BCUT2D eigenvalue weighted by Crippen LogP contribution is -2.68. The molecule has 33 heavy (non-hydrogen) atoms. The quantitative estimate of drug-likeness (QED) is 0.332. The summed E-state index contributed by atoms with van der Waals surface area (Å²) in [5, 5.41) is 32.6. The van der Waals surface area contributed by atoms with Crippen LogP contribution < -0.4 is 5.32 Å². The molecule has 0 aromatic carbocycles. The number of carboxylic acid groups (broad SMARTS) is 1. The first-order valence-corrected chi connectivity index (χ1v) is 12.1. The van der Waals surface area contributed by atoms with Crippen LogP contribution in [0.4, 0.5) is 0 Å². The molecule has 4 aliphatic heterocycles. The topological polar surface area (TPSA) is 134 Å². The first kappa shape index (κ1) is 26.2. The number of nitrogens with one attached hydrogen (secondary N) is 1. The highest BCUT2D eigenvalue weighted by atomic mass is 35.5. The zero-order valence-electron chi connectivity index (χ0n) is 18.9. The number of rotatable bonds is 7. The highest BCUT2D eigenvalue weighted by molar-refractivity contribution is 8.03. The number of fused-ring (bicyclic) bond motifs is 1. The number of aliphatic hydroxyl groups is 2. The third kappa shape index (κ3) is 4.39. The number of nitrogens with zero attached hydrogens (tertiary/aromatic N) is 3. The molecular formula is C21H33ClN4O6S. The summed E-state index contributed by atoms with van der Waals surface area (Å²) >= 11 is 1.42. The molecule has 0 aromatic heterocycles. The molecule has 10 nitrogen and oxygen atoms in total. The van der Waals surface area contributed by atoms with Crippen LogP contribution in [-0.2, 0) is 14.4 Å². The first-order chi connectivity index (χ1) is 15.2. The minimum atomic E-state index is -1.16. The van der Waals surface area contributed by atoms with Gasteiger partial charge in [0.15, 0.2) is 0 Å². The molecule has 1 unspecified atom stereocenters. The lowest BCUT2D eigenvalue weighted by molar-refractivity contribution is -0.167. The standard InChI is InChI=1S/C21H32N4O6S.ClH/c1-12-18(17(20(30)31)25-16(28)10-21(12,25)13(2)27)32-14-9-15(22-11-14)19(29)24-5-3-23(4-6-24)7-8-26;/h12-15,22,26-27H,3-11H2,1-2H3,(H,30,31);1H/t12-,13+,14-,15+,21?;/m0./s1. The number of piperazine rings is 1. The fraction of sp³-hybridized carbons (Fsp3) is 0.762. The van der Waals surface area contributed by atoms with Crippen LogP contribution in [0, 0.1) is 5.92 Å². The number of β-lactam (4-membered cyclic amide) rings is 1. The zero-order valence-corrected chi connectivity index (χ0v) is 20.5. The summed E-state index contributed by atoms with van der Waals surface area (Å²) < 4.78 is 0. The number of amides is 2. The van der Waals surface area contributed by atoms with Crippen molar-refractivity contribution in [2.45, 2.75) is 49.6 Å². The van der Waals surface area contributed by atoms with Gasteiger partial charge in [0.25, 0.3) is 0 Å². The number of β-amino-alcohol motifs (C(OH)–C–C–N with tert-alkyl or cyclic N) is 1. The van der Waals surface area contributed by atoms with Gasteiger partial charge in [-0.05, 0) is 13.3 Å². The fourth-order valence-electron chi connectivity index (χ4n) is 5.53. The van der Waals surface area contributed by atoms with Gasteiger partial charge in [0.2, 0.25) is 11.8 Å². The number of hydrogen-bond donors (Lipinski definition) is 4. The van der Waals surface area contributed by atoms with Gasteiger partial charge in [0, 0.05) is 55.3 Å². The minimum Gasteiger partial charge on any atom is -0.477 e. The predicted molar refractivity (Wildman–Crippen MR) is 125 cm³/mol. The number of aliphatic carboxylic acids is 1. The number of carboxylic acids is 1. The van der Waals surface area contributed by atoms with Gasteiger partial charge in [-0.2, -0.15) is 0 Å². The summed E-state index contributed by atoms with van der Waals surface area (Å²) in [7, 11) is 0. The van der Waals surface area contributed by atoms with E-state index in [0.717, 1.165) is 13.1 Å². The Kier molecular flexibility index (Phi) is 8.02. The molecule has 0 bridgehead atoms. The smallest absolute Gasteiger partial charge is 0.353 e. The number of thioether (sulfide) groups is 1. The highest BCUT2D eigenvalue weighted by Crippen LogP contribution is 2.56. The van der Waals surface area contributed by atoms with E-state index in [4.69, 9.17) is 5.11 Å². The molecule has 4 aliphatic rings. The van der Waals surface area contributed by atoms with Gasteiger partial charge in [-0.25, -0.2) is 4.79 Å². The molecule has 4 heterocycles. The van der Waals surface area contributed by atoms with Gasteiger partial charge >= 0.3 is 5.97 Å². The van der Waals surface area contributed by atoms with E-state index in [1.807, 2.05) is 11.8 Å². The van der Waals surface area contributed by atoms with E-state index < -0.39 is 17.6 Å². The third-order valence-electron chi connectivity index (χ3n) is 7.41. The Balaban J connectivity index is 0.00000306. The molecule has 0 aromatic rings. The second-order valence-corrected chi connectivity index (χ2v) is 10.5. The second-order valence-electron chi connectivity index (χ2n) is 9.14. The molecule has 5 atom stereocenters. The molecule has 0 spiro atoms. The maximum atomic E-state index is 13.0. The summed E-state index contributed by atoms with van der Waals surface area (Å²) in [5.41, 5.74) is -0.905. The lowest BCUT2D eigenvalue weighted by Gasteiger charge is -2.52. The van der Waals surface area contributed by atoms with Crippen molar-refractivity contribution >= 4 is 42.0 Å². The number of halogens is 1. The maximum absolute atomic E-state index is 13.0. The van der Waals surface area contributed by atoms with Gasteiger partial charge < -0.3 is 25.5 Å². The van der Waals surface area contributed by atoms with E-state index in [0.29, 0.717) is 37.5 Å². The molecule has 4 N–H and O–H groups in total. The second kappa shape index (κ2) is 10.1. The van der Waals surface area contributed by atoms with Crippen molar-refractivity contribution in [1.29, 1.82) is 0 Å². The summed E-state index contributed by atoms with van der Waals surface area (Å²) in [6.45, 7) is 7.55. The van der Waals surface area contributed by atoms with E-state index in [-0.39, 0.29) is 60.2 Å². The lowest BCUT2D eigenvalue weighted by atomic mass is 9.73. The van der Waals surface area contributed by atoms with Gasteiger partial charge in [0.1, 0.15) is 5.70 Å². The Hall–Kier alpha value is -1.37. The van der Waals surface area contributed by atoms with Crippen molar-refractivity contribution in [3.05, 3.63) is 10.6 Å². The van der Waals surface area contributed by atoms with Crippen molar-refractivity contribution in [3.63, 3.8) is 0 Å². The van der Waals surface area contributed by atoms with Crippen molar-refractivity contribution in [2.75, 3.05) is 45.9 Å². The normalized spacial score (nSPS) is 33.0. The zero-order chi connectivity index (χ0) is 23.2. The maximum Gasteiger partial charge on any atom is 0.353 e. The Labute approximate surface area is 203 Å². The van der Waals surface area contributed by atoms with Crippen molar-refractivity contribution in [1.82, 2.24) is 20.0 Å². The Morgan fingerprint density at radius 2 is 1.94 bits per heavy atom. The van der Waals surface area contributed by atoms with Gasteiger partial charge in [-0.1, -0.05) is 6.92 Å². The van der Waals surface area contributed by atoms with Gasteiger partial charge in [0.05, 0.1) is 30.7 Å². The van der Waals surface area contributed by atoms with Crippen LogP contribution in [0.1, 0.15) is 26.7 Å². The SMILES string of the molecule is C[C@@H](O)C12CC(=O)N1C(C(=O)O)=C(S[C@@H]1CN[C@@H](C(=O)N3CCN(CCO)CC3)C1)[C@@H]2C.Cl. The summed E-state index contributed by atoms with van der Waals surface area (Å²) in [4.78, 5) is 43.2. The molecular weight excluding hydrogens is 472 g/mol. The van der Waals surface area contributed by atoms with E-state index in [9.17, 15) is 24.6 Å². The van der Waals surface area contributed by atoms with Crippen molar-refractivity contribution in [2.24, 2.45) is 5.92 Å². The average Bonchev–Trinajstić information content (AvgIpc) is 3.29. The van der Waals surface area contributed by atoms with Crippen LogP contribution in [0.2, 0.25) is 0 Å². The van der Waals surface area contributed by atoms with Crippen LogP contribution in [0.3, 0.4) is 0 Å². The molecule has 186 valence electrons. The van der Waals surface area contributed by atoms with Crippen LogP contribution in [0.25, 0.3) is 0 Å². The molecule has 3 saturated heterocycles. The van der Waals surface area contributed by atoms with Crippen LogP contribution in [0.5, 0.6) is 0 Å². The summed E-state index contributed by atoms with van der Waals surface area (Å²) in [5.74, 6) is -1.66. The summed E-state index contributed by atoms with van der Waals surface area (Å²) in [6.07, 6.45) is -0.124. The minimum absolute atomic E-state index is 0. The molecule has 0 saturated carbocycles. The number of aliphatic hydroxyl groups excluding tert-OH is 2. The molecule has 0 radical (unpaired) electrons. The number of hydrogen-bond acceptors (Lipinski definition) is 8. The van der Waals surface area contributed by atoms with E-state index in [1.165, 1.54) is 16.7 Å².